The first-order valence-electron chi connectivity index (χ1n) is 4.70. The van der Waals surface area contributed by atoms with Crippen LogP contribution in [0.5, 0.6) is 0 Å². The fourth-order valence-corrected chi connectivity index (χ4v) is 1.45. The van der Waals surface area contributed by atoms with Gasteiger partial charge in [-0.2, -0.15) is 5.10 Å². The van der Waals surface area contributed by atoms with Gasteiger partial charge in [0, 0.05) is 17.6 Å². The number of H-pyrrole nitrogens is 1. The van der Waals surface area contributed by atoms with Gasteiger partial charge in [-0.15, -0.1) is 11.6 Å². The first-order chi connectivity index (χ1) is 7.29. The molecule has 2 rings (SSSR count). The summed E-state index contributed by atoms with van der Waals surface area (Å²) in [7, 11) is 0. The second kappa shape index (κ2) is 4.51. The predicted molar refractivity (Wildman–Crippen MR) is 61.3 cm³/mol. The molecule has 0 aliphatic carbocycles. The third kappa shape index (κ3) is 2.40. The number of nitrogens with one attached hydrogen (secondary N) is 2. The summed E-state index contributed by atoms with van der Waals surface area (Å²) in [5, 5.41) is 20.2. The molecule has 1 heterocycles. The van der Waals surface area contributed by atoms with Crippen molar-refractivity contribution < 1.29 is 5.11 Å². The van der Waals surface area contributed by atoms with Crippen molar-refractivity contribution in [1.29, 1.82) is 0 Å². The molecule has 0 aliphatic rings. The average Bonchev–Trinajstić information content (AvgIpc) is 2.72. The molecular weight excluding hydrogens is 214 g/mol. The van der Waals surface area contributed by atoms with Crippen LogP contribution in [0.15, 0.2) is 24.4 Å². The van der Waals surface area contributed by atoms with Crippen LogP contribution in [0, 0.1) is 0 Å². The lowest BCUT2D eigenvalue weighted by atomic mass is 10.2. The minimum Gasteiger partial charge on any atom is -0.390 e. The normalized spacial score (nSPS) is 12.9. The molecule has 80 valence electrons. The zero-order valence-electron chi connectivity index (χ0n) is 8.07. The summed E-state index contributed by atoms with van der Waals surface area (Å²) in [6.07, 6.45) is 1.24. The Kier molecular flexibility index (Phi) is 3.08. The van der Waals surface area contributed by atoms with Crippen molar-refractivity contribution in [2.45, 2.75) is 6.10 Å². The number of aromatic nitrogens is 2. The summed E-state index contributed by atoms with van der Waals surface area (Å²) in [6, 6.07) is 5.85. The van der Waals surface area contributed by atoms with Crippen LogP contribution in [0.1, 0.15) is 0 Å². The molecule has 1 atom stereocenters. The van der Waals surface area contributed by atoms with Gasteiger partial charge in [0.2, 0.25) is 0 Å². The number of hydrogen-bond donors (Lipinski definition) is 3. The van der Waals surface area contributed by atoms with Gasteiger partial charge in [-0.05, 0) is 18.2 Å². The zero-order chi connectivity index (χ0) is 10.7. The van der Waals surface area contributed by atoms with E-state index in [4.69, 9.17) is 11.6 Å². The molecular formula is C10H12ClN3O. The molecule has 3 N–H and O–H groups in total. The van der Waals surface area contributed by atoms with Crippen LogP contribution in [-0.2, 0) is 0 Å². The predicted octanol–water partition coefficient (Wildman–Crippen LogP) is 1.57. The summed E-state index contributed by atoms with van der Waals surface area (Å²) in [5.41, 5.74) is 1.95. The molecule has 0 amide bonds. The van der Waals surface area contributed by atoms with E-state index in [1.165, 1.54) is 0 Å². The van der Waals surface area contributed by atoms with Crippen molar-refractivity contribution >= 4 is 28.2 Å². The largest absolute Gasteiger partial charge is 0.390 e. The molecule has 0 fully saturated rings. The van der Waals surface area contributed by atoms with E-state index in [1.807, 2.05) is 18.2 Å². The number of halogens is 1. The second-order valence-corrected chi connectivity index (χ2v) is 3.67. The van der Waals surface area contributed by atoms with Crippen LogP contribution in [-0.4, -0.2) is 33.8 Å². The number of fused-ring (bicyclic) bond motifs is 1. The van der Waals surface area contributed by atoms with Crippen LogP contribution < -0.4 is 5.32 Å². The molecule has 0 saturated carbocycles. The van der Waals surface area contributed by atoms with E-state index in [0.29, 0.717) is 6.54 Å². The Morgan fingerprint density at radius 1 is 1.53 bits per heavy atom. The molecule has 1 aromatic heterocycles. The van der Waals surface area contributed by atoms with Crippen molar-refractivity contribution in [3.05, 3.63) is 24.4 Å². The maximum Gasteiger partial charge on any atom is 0.0847 e. The minimum absolute atomic E-state index is 0.237. The number of aliphatic hydroxyl groups excluding tert-OH is 1. The second-order valence-electron chi connectivity index (χ2n) is 3.36. The molecule has 2 aromatic rings. The Morgan fingerprint density at radius 3 is 3.20 bits per heavy atom. The number of aliphatic hydroxyl groups is 1. The van der Waals surface area contributed by atoms with Crippen LogP contribution in [0.25, 0.3) is 10.9 Å². The van der Waals surface area contributed by atoms with Gasteiger partial charge in [-0.3, -0.25) is 5.10 Å². The SMILES string of the molecule is OC(CCl)CNc1ccc2[nH]ncc2c1. The van der Waals surface area contributed by atoms with Crippen molar-refractivity contribution in [3.8, 4) is 0 Å². The molecule has 15 heavy (non-hydrogen) atoms. The Balaban J connectivity index is 2.08. The monoisotopic (exact) mass is 225 g/mol. The Bertz CT molecular complexity index is 443. The van der Waals surface area contributed by atoms with E-state index in [-0.39, 0.29) is 5.88 Å². The van der Waals surface area contributed by atoms with E-state index in [9.17, 15) is 5.11 Å². The lowest BCUT2D eigenvalue weighted by Gasteiger charge is -2.09. The number of aromatic amines is 1. The Morgan fingerprint density at radius 2 is 2.40 bits per heavy atom. The molecule has 0 bridgehead atoms. The van der Waals surface area contributed by atoms with Gasteiger partial charge < -0.3 is 10.4 Å². The highest BCUT2D eigenvalue weighted by atomic mass is 35.5. The van der Waals surface area contributed by atoms with Crippen molar-refractivity contribution in [2.75, 3.05) is 17.7 Å². The van der Waals surface area contributed by atoms with Gasteiger partial charge in [0.25, 0.3) is 0 Å². The molecule has 5 heteroatoms. The zero-order valence-corrected chi connectivity index (χ0v) is 8.83. The van der Waals surface area contributed by atoms with Gasteiger partial charge >= 0.3 is 0 Å². The highest BCUT2D eigenvalue weighted by molar-refractivity contribution is 6.18. The van der Waals surface area contributed by atoms with Gasteiger partial charge in [0.1, 0.15) is 0 Å². The smallest absolute Gasteiger partial charge is 0.0847 e. The standard InChI is InChI=1S/C10H12ClN3O/c11-4-9(15)6-12-8-1-2-10-7(3-8)5-13-14-10/h1-3,5,9,12,15H,4,6H2,(H,13,14). The Labute approximate surface area is 92.3 Å². The number of rotatable bonds is 4. The third-order valence-corrected chi connectivity index (χ3v) is 2.52. The lowest BCUT2D eigenvalue weighted by Crippen LogP contribution is -2.20. The lowest BCUT2D eigenvalue weighted by molar-refractivity contribution is 0.211. The van der Waals surface area contributed by atoms with Crippen LogP contribution in [0.4, 0.5) is 5.69 Å². The summed E-state index contributed by atoms with van der Waals surface area (Å²) in [4.78, 5) is 0. The summed E-state index contributed by atoms with van der Waals surface area (Å²) in [6.45, 7) is 0.451. The topological polar surface area (TPSA) is 60.9 Å². The van der Waals surface area contributed by atoms with Gasteiger partial charge in [0.05, 0.1) is 23.7 Å². The van der Waals surface area contributed by atoms with E-state index in [2.05, 4.69) is 15.5 Å². The first-order valence-corrected chi connectivity index (χ1v) is 5.24. The first kappa shape index (κ1) is 10.3. The highest BCUT2D eigenvalue weighted by Crippen LogP contribution is 2.16. The summed E-state index contributed by atoms with van der Waals surface area (Å²) >= 11 is 5.49. The quantitative estimate of drug-likeness (QED) is 0.693. The molecule has 0 saturated heterocycles. The van der Waals surface area contributed by atoms with Gasteiger partial charge in [-0.1, -0.05) is 0 Å². The van der Waals surface area contributed by atoms with Crippen LogP contribution in [0.2, 0.25) is 0 Å². The number of nitrogens with zero attached hydrogens (tertiary/aromatic N) is 1. The molecule has 0 spiro atoms. The molecule has 4 nitrogen and oxygen atoms in total. The highest BCUT2D eigenvalue weighted by Gasteiger charge is 2.02. The van der Waals surface area contributed by atoms with Crippen LogP contribution >= 0.6 is 11.6 Å². The van der Waals surface area contributed by atoms with Gasteiger partial charge in [-0.25, -0.2) is 0 Å². The summed E-state index contributed by atoms with van der Waals surface area (Å²) < 4.78 is 0. The maximum absolute atomic E-state index is 9.28. The van der Waals surface area contributed by atoms with Crippen molar-refractivity contribution in [3.63, 3.8) is 0 Å². The van der Waals surface area contributed by atoms with E-state index in [1.54, 1.807) is 6.20 Å². The van der Waals surface area contributed by atoms with E-state index in [0.717, 1.165) is 16.6 Å². The third-order valence-electron chi connectivity index (χ3n) is 2.16. The number of alkyl halides is 1. The molecule has 1 aromatic carbocycles. The fourth-order valence-electron chi connectivity index (χ4n) is 1.34. The molecule has 0 radical (unpaired) electrons. The number of benzene rings is 1. The number of anilines is 1. The van der Waals surface area contributed by atoms with Gasteiger partial charge in [0.15, 0.2) is 0 Å². The van der Waals surface area contributed by atoms with Crippen molar-refractivity contribution in [1.82, 2.24) is 10.2 Å². The summed E-state index contributed by atoms with van der Waals surface area (Å²) in [5.74, 6) is 0.237. The average molecular weight is 226 g/mol. The van der Waals surface area contributed by atoms with Crippen LogP contribution in [0.3, 0.4) is 0 Å². The van der Waals surface area contributed by atoms with E-state index >= 15 is 0 Å². The maximum atomic E-state index is 9.28. The minimum atomic E-state index is -0.522. The number of hydrogen-bond acceptors (Lipinski definition) is 3. The van der Waals surface area contributed by atoms with E-state index < -0.39 is 6.10 Å². The fraction of sp³-hybridized carbons (Fsp3) is 0.300. The molecule has 0 aliphatic heterocycles. The Hall–Kier alpha value is -1.26. The van der Waals surface area contributed by atoms with Crippen molar-refractivity contribution in [2.24, 2.45) is 0 Å². The molecule has 1 unspecified atom stereocenters.